The quantitative estimate of drug-likeness (QED) is 0.603. The van der Waals surface area contributed by atoms with Gasteiger partial charge >= 0.3 is 0 Å². The predicted molar refractivity (Wildman–Crippen MR) is 60.6 cm³/mol. The highest BCUT2D eigenvalue weighted by Crippen LogP contribution is 2.21. The van der Waals surface area contributed by atoms with Crippen LogP contribution in [-0.2, 0) is 9.57 Å². The molecule has 96 valence electrons. The minimum Gasteiger partial charge on any atom is -0.382 e. The minimum atomic E-state index is -0.344. The lowest BCUT2D eigenvalue weighted by Crippen LogP contribution is -2.26. The molecular weight excluding hydrogens is 224 g/mol. The van der Waals surface area contributed by atoms with Gasteiger partial charge in [-0.15, -0.1) is 0 Å². The van der Waals surface area contributed by atoms with Crippen molar-refractivity contribution in [3.63, 3.8) is 0 Å². The molecule has 0 saturated carbocycles. The minimum absolute atomic E-state index is 0.0934. The van der Waals surface area contributed by atoms with Gasteiger partial charge in [0.15, 0.2) is 5.76 Å². The average molecular weight is 242 g/mol. The number of nitrogens with one attached hydrogen (secondary N) is 1. The van der Waals surface area contributed by atoms with Crippen LogP contribution in [0.3, 0.4) is 0 Å². The van der Waals surface area contributed by atoms with Gasteiger partial charge in [0.2, 0.25) is 0 Å². The van der Waals surface area contributed by atoms with Crippen LogP contribution in [0.4, 0.5) is 0 Å². The zero-order valence-corrected chi connectivity index (χ0v) is 10.6. The molecule has 1 amide bonds. The summed E-state index contributed by atoms with van der Waals surface area (Å²) >= 11 is 0. The highest BCUT2D eigenvalue weighted by atomic mass is 16.7. The third-order valence-corrected chi connectivity index (χ3v) is 2.19. The molecule has 0 saturated heterocycles. The summed E-state index contributed by atoms with van der Waals surface area (Å²) in [6.07, 6.45) is 0. The van der Waals surface area contributed by atoms with Crippen molar-refractivity contribution in [2.75, 3.05) is 20.3 Å². The normalized spacial score (nSPS) is 10.9. The van der Waals surface area contributed by atoms with Gasteiger partial charge in [-0.05, 0) is 6.92 Å². The Morgan fingerprint density at radius 1 is 1.47 bits per heavy atom. The first kappa shape index (κ1) is 13.7. The molecule has 1 aromatic heterocycles. The SMILES string of the molecule is COCCONC(=O)c1c(C)noc1C(C)C. The number of carbonyl (C=O) groups is 1. The van der Waals surface area contributed by atoms with Crippen molar-refractivity contribution in [1.29, 1.82) is 0 Å². The molecule has 1 rings (SSSR count). The van der Waals surface area contributed by atoms with Gasteiger partial charge in [-0.25, -0.2) is 5.48 Å². The molecule has 6 nitrogen and oxygen atoms in total. The van der Waals surface area contributed by atoms with Gasteiger partial charge in [-0.1, -0.05) is 19.0 Å². The molecular formula is C11H18N2O4. The molecule has 6 heteroatoms. The Kier molecular flexibility index (Phi) is 5.11. The molecule has 0 radical (unpaired) electrons. The van der Waals surface area contributed by atoms with Crippen molar-refractivity contribution in [2.45, 2.75) is 26.7 Å². The number of ether oxygens (including phenoxy) is 1. The van der Waals surface area contributed by atoms with Crippen molar-refractivity contribution in [3.8, 4) is 0 Å². The van der Waals surface area contributed by atoms with Crippen molar-refractivity contribution in [2.24, 2.45) is 0 Å². The van der Waals surface area contributed by atoms with E-state index in [-0.39, 0.29) is 11.8 Å². The first-order valence-electron chi connectivity index (χ1n) is 5.45. The van der Waals surface area contributed by atoms with Gasteiger partial charge in [0.05, 0.1) is 18.9 Å². The number of aromatic nitrogens is 1. The Balaban J connectivity index is 2.65. The average Bonchev–Trinajstić information content (AvgIpc) is 2.66. The van der Waals surface area contributed by atoms with E-state index < -0.39 is 0 Å². The van der Waals surface area contributed by atoms with Crippen LogP contribution in [0.15, 0.2) is 4.52 Å². The van der Waals surface area contributed by atoms with Crippen LogP contribution in [0.5, 0.6) is 0 Å². The van der Waals surface area contributed by atoms with E-state index in [1.807, 2.05) is 13.8 Å². The highest BCUT2D eigenvalue weighted by molar-refractivity contribution is 5.95. The van der Waals surface area contributed by atoms with E-state index in [4.69, 9.17) is 14.1 Å². The van der Waals surface area contributed by atoms with Crippen LogP contribution < -0.4 is 5.48 Å². The number of hydroxylamine groups is 1. The summed E-state index contributed by atoms with van der Waals surface area (Å²) < 4.78 is 9.91. The zero-order valence-electron chi connectivity index (χ0n) is 10.6. The van der Waals surface area contributed by atoms with E-state index >= 15 is 0 Å². The van der Waals surface area contributed by atoms with E-state index in [2.05, 4.69) is 10.6 Å². The number of carbonyl (C=O) groups excluding carboxylic acids is 1. The molecule has 0 aliphatic heterocycles. The van der Waals surface area contributed by atoms with E-state index in [0.717, 1.165) is 0 Å². The molecule has 1 heterocycles. The molecule has 0 bridgehead atoms. The Labute approximate surface area is 100 Å². The number of methoxy groups -OCH3 is 1. The Bertz CT molecular complexity index is 374. The number of nitrogens with zero attached hydrogens (tertiary/aromatic N) is 1. The summed E-state index contributed by atoms with van der Waals surface area (Å²) in [5.41, 5.74) is 3.34. The summed E-state index contributed by atoms with van der Waals surface area (Å²) in [5.74, 6) is 0.315. The van der Waals surface area contributed by atoms with Crippen LogP contribution >= 0.6 is 0 Å². The zero-order chi connectivity index (χ0) is 12.8. The fraction of sp³-hybridized carbons (Fsp3) is 0.636. The fourth-order valence-corrected chi connectivity index (χ4v) is 1.35. The Hall–Kier alpha value is -1.40. The molecule has 0 atom stereocenters. The topological polar surface area (TPSA) is 73.6 Å². The van der Waals surface area contributed by atoms with Gasteiger partial charge in [-0.2, -0.15) is 0 Å². The van der Waals surface area contributed by atoms with Gasteiger partial charge < -0.3 is 9.26 Å². The van der Waals surface area contributed by atoms with Gasteiger partial charge in [-0.3, -0.25) is 9.63 Å². The molecule has 0 aliphatic carbocycles. The monoisotopic (exact) mass is 242 g/mol. The maximum Gasteiger partial charge on any atom is 0.280 e. The standard InChI is InChI=1S/C11H18N2O4/c1-7(2)10-9(8(3)12-17-10)11(14)13-16-6-5-15-4/h7H,5-6H2,1-4H3,(H,13,14). The summed E-state index contributed by atoms with van der Waals surface area (Å²) in [5, 5.41) is 3.79. The second-order valence-corrected chi connectivity index (χ2v) is 3.93. The Morgan fingerprint density at radius 2 is 2.18 bits per heavy atom. The first-order chi connectivity index (χ1) is 8.07. The third-order valence-electron chi connectivity index (χ3n) is 2.19. The second kappa shape index (κ2) is 6.36. The first-order valence-corrected chi connectivity index (χ1v) is 5.45. The van der Waals surface area contributed by atoms with E-state index in [9.17, 15) is 4.79 Å². The van der Waals surface area contributed by atoms with Crippen molar-refractivity contribution in [3.05, 3.63) is 17.0 Å². The largest absolute Gasteiger partial charge is 0.382 e. The predicted octanol–water partition coefficient (Wildman–Crippen LogP) is 1.41. The van der Waals surface area contributed by atoms with E-state index in [1.165, 1.54) is 0 Å². The summed E-state index contributed by atoms with van der Waals surface area (Å²) in [6, 6.07) is 0. The number of hydrogen-bond donors (Lipinski definition) is 1. The van der Waals surface area contributed by atoms with Crippen LogP contribution in [0.25, 0.3) is 0 Å². The van der Waals surface area contributed by atoms with Crippen LogP contribution in [0, 0.1) is 6.92 Å². The smallest absolute Gasteiger partial charge is 0.280 e. The molecule has 1 aromatic rings. The maximum absolute atomic E-state index is 11.8. The van der Waals surface area contributed by atoms with Gasteiger partial charge in [0.1, 0.15) is 5.56 Å². The number of aryl methyl sites for hydroxylation is 1. The lowest BCUT2D eigenvalue weighted by atomic mass is 10.1. The number of hydrogen-bond acceptors (Lipinski definition) is 5. The van der Waals surface area contributed by atoms with Crippen molar-refractivity contribution >= 4 is 5.91 Å². The van der Waals surface area contributed by atoms with Crippen LogP contribution in [0.1, 0.15) is 41.6 Å². The summed E-state index contributed by atoms with van der Waals surface area (Å²) in [7, 11) is 1.56. The summed E-state index contributed by atoms with van der Waals surface area (Å²) in [4.78, 5) is 16.8. The Morgan fingerprint density at radius 3 is 2.76 bits per heavy atom. The lowest BCUT2D eigenvalue weighted by molar-refractivity contribution is 0.00871. The lowest BCUT2D eigenvalue weighted by Gasteiger charge is -2.06. The summed E-state index contributed by atoms with van der Waals surface area (Å²) in [6.45, 7) is 6.30. The number of rotatable bonds is 6. The number of amides is 1. The molecule has 0 unspecified atom stereocenters. The van der Waals surface area contributed by atoms with Crippen molar-refractivity contribution < 1.29 is 18.9 Å². The van der Waals surface area contributed by atoms with Crippen LogP contribution in [-0.4, -0.2) is 31.4 Å². The molecule has 17 heavy (non-hydrogen) atoms. The van der Waals surface area contributed by atoms with Gasteiger partial charge in [0, 0.05) is 13.0 Å². The maximum atomic E-state index is 11.8. The highest BCUT2D eigenvalue weighted by Gasteiger charge is 2.22. The van der Waals surface area contributed by atoms with Crippen LogP contribution in [0.2, 0.25) is 0 Å². The van der Waals surface area contributed by atoms with E-state index in [1.54, 1.807) is 14.0 Å². The van der Waals surface area contributed by atoms with E-state index in [0.29, 0.717) is 30.2 Å². The molecule has 0 fully saturated rings. The van der Waals surface area contributed by atoms with Gasteiger partial charge in [0.25, 0.3) is 5.91 Å². The third kappa shape index (κ3) is 3.54. The molecule has 0 spiro atoms. The second-order valence-electron chi connectivity index (χ2n) is 3.93. The molecule has 0 aromatic carbocycles. The molecule has 0 aliphatic rings. The molecule has 1 N–H and O–H groups in total. The van der Waals surface area contributed by atoms with Crippen molar-refractivity contribution in [1.82, 2.24) is 10.6 Å². The fourth-order valence-electron chi connectivity index (χ4n) is 1.35.